The van der Waals surface area contributed by atoms with Crippen LogP contribution in [0.4, 0.5) is 0 Å². The van der Waals surface area contributed by atoms with Gasteiger partial charge in [-0.3, -0.25) is 4.79 Å². The van der Waals surface area contributed by atoms with Gasteiger partial charge in [-0.1, -0.05) is 44.2 Å². The fourth-order valence-corrected chi connectivity index (χ4v) is 2.63. The average Bonchev–Trinajstić information content (AvgIpc) is 2.72. The second-order valence-corrected chi connectivity index (χ2v) is 5.26. The number of hydrogen-bond acceptors (Lipinski definition) is 2. The molecular weight excluding hydrogens is 224 g/mol. The fraction of sp³-hybridized carbons (Fsp3) is 0.533. The molecule has 1 aliphatic heterocycles. The standard InChI is InChI=1S/C15H22N2O/c1-3-13(12-7-5-4-6-8-12)15(18)17-9-11(2)14(16)10-17/h4-8,11,13-14H,3,9-10,16H2,1-2H3. The highest BCUT2D eigenvalue weighted by molar-refractivity contribution is 5.84. The lowest BCUT2D eigenvalue weighted by molar-refractivity contribution is -0.132. The molecule has 3 unspecified atom stereocenters. The lowest BCUT2D eigenvalue weighted by atomic mass is 9.95. The molecule has 0 saturated carbocycles. The Labute approximate surface area is 109 Å². The van der Waals surface area contributed by atoms with Crippen molar-refractivity contribution >= 4 is 5.91 Å². The average molecular weight is 246 g/mol. The van der Waals surface area contributed by atoms with Crippen molar-refractivity contribution in [1.29, 1.82) is 0 Å². The molecule has 98 valence electrons. The van der Waals surface area contributed by atoms with Crippen LogP contribution < -0.4 is 5.73 Å². The van der Waals surface area contributed by atoms with Crippen molar-refractivity contribution in [3.05, 3.63) is 35.9 Å². The van der Waals surface area contributed by atoms with Gasteiger partial charge in [-0.05, 0) is 17.9 Å². The molecule has 1 aliphatic rings. The molecule has 0 bridgehead atoms. The zero-order valence-electron chi connectivity index (χ0n) is 11.2. The number of nitrogens with two attached hydrogens (primary N) is 1. The maximum Gasteiger partial charge on any atom is 0.230 e. The molecule has 18 heavy (non-hydrogen) atoms. The first-order valence-electron chi connectivity index (χ1n) is 6.72. The van der Waals surface area contributed by atoms with Crippen LogP contribution in [0.25, 0.3) is 0 Å². The summed E-state index contributed by atoms with van der Waals surface area (Å²) in [6, 6.07) is 10.2. The summed E-state index contributed by atoms with van der Waals surface area (Å²) in [4.78, 5) is 14.5. The molecule has 1 aromatic rings. The van der Waals surface area contributed by atoms with Gasteiger partial charge < -0.3 is 10.6 Å². The third-order valence-electron chi connectivity index (χ3n) is 3.89. The van der Waals surface area contributed by atoms with Crippen LogP contribution in [0.15, 0.2) is 30.3 Å². The van der Waals surface area contributed by atoms with E-state index in [4.69, 9.17) is 5.73 Å². The molecule has 3 atom stereocenters. The van der Waals surface area contributed by atoms with Crippen LogP contribution in [0.1, 0.15) is 31.7 Å². The number of rotatable bonds is 3. The van der Waals surface area contributed by atoms with E-state index in [1.54, 1.807) is 0 Å². The number of nitrogens with zero attached hydrogens (tertiary/aromatic N) is 1. The topological polar surface area (TPSA) is 46.3 Å². The molecule has 3 heteroatoms. The van der Waals surface area contributed by atoms with Crippen LogP contribution in [-0.2, 0) is 4.79 Å². The van der Waals surface area contributed by atoms with E-state index in [2.05, 4.69) is 13.8 Å². The van der Waals surface area contributed by atoms with Gasteiger partial charge in [-0.2, -0.15) is 0 Å². The zero-order valence-corrected chi connectivity index (χ0v) is 11.2. The summed E-state index contributed by atoms with van der Waals surface area (Å²) < 4.78 is 0. The van der Waals surface area contributed by atoms with Crippen molar-refractivity contribution in [3.63, 3.8) is 0 Å². The highest BCUT2D eigenvalue weighted by Crippen LogP contribution is 2.25. The van der Waals surface area contributed by atoms with Gasteiger partial charge in [0.05, 0.1) is 5.92 Å². The van der Waals surface area contributed by atoms with E-state index < -0.39 is 0 Å². The Balaban J connectivity index is 2.12. The molecule has 2 rings (SSSR count). The van der Waals surface area contributed by atoms with Gasteiger partial charge in [0.1, 0.15) is 0 Å². The van der Waals surface area contributed by atoms with Crippen LogP contribution in [0.3, 0.4) is 0 Å². The minimum Gasteiger partial charge on any atom is -0.340 e. The quantitative estimate of drug-likeness (QED) is 0.886. The first-order chi connectivity index (χ1) is 8.63. The number of likely N-dealkylation sites (tertiary alicyclic amines) is 1. The minimum absolute atomic E-state index is 0.0244. The first-order valence-corrected chi connectivity index (χ1v) is 6.72. The highest BCUT2D eigenvalue weighted by atomic mass is 16.2. The highest BCUT2D eigenvalue weighted by Gasteiger charge is 2.33. The second kappa shape index (κ2) is 5.53. The lowest BCUT2D eigenvalue weighted by Gasteiger charge is -2.23. The van der Waals surface area contributed by atoms with Gasteiger partial charge in [0, 0.05) is 19.1 Å². The van der Waals surface area contributed by atoms with Gasteiger partial charge in [0.15, 0.2) is 0 Å². The summed E-state index contributed by atoms with van der Waals surface area (Å²) in [6.45, 7) is 5.67. The summed E-state index contributed by atoms with van der Waals surface area (Å²) >= 11 is 0. The van der Waals surface area contributed by atoms with Crippen LogP contribution in [-0.4, -0.2) is 29.9 Å². The third kappa shape index (κ3) is 2.56. The minimum atomic E-state index is -0.0244. The van der Waals surface area contributed by atoms with Gasteiger partial charge in [0.2, 0.25) is 5.91 Å². The number of carbonyl (C=O) groups excluding carboxylic acids is 1. The van der Waals surface area contributed by atoms with E-state index in [0.29, 0.717) is 12.5 Å². The van der Waals surface area contributed by atoms with Crippen molar-refractivity contribution in [2.75, 3.05) is 13.1 Å². The molecule has 2 N–H and O–H groups in total. The van der Waals surface area contributed by atoms with E-state index in [9.17, 15) is 4.79 Å². The van der Waals surface area contributed by atoms with Crippen molar-refractivity contribution in [1.82, 2.24) is 4.90 Å². The molecule has 1 fully saturated rings. The van der Waals surface area contributed by atoms with Crippen LogP contribution >= 0.6 is 0 Å². The second-order valence-electron chi connectivity index (χ2n) is 5.26. The number of hydrogen-bond donors (Lipinski definition) is 1. The normalized spacial score (nSPS) is 25.2. The summed E-state index contributed by atoms with van der Waals surface area (Å²) in [6.07, 6.45) is 0.836. The van der Waals surface area contributed by atoms with E-state index in [1.165, 1.54) is 0 Å². The molecule has 0 radical (unpaired) electrons. The monoisotopic (exact) mass is 246 g/mol. The Bertz CT molecular complexity index is 394. The summed E-state index contributed by atoms with van der Waals surface area (Å²) in [5, 5.41) is 0. The van der Waals surface area contributed by atoms with Crippen LogP contribution in [0.5, 0.6) is 0 Å². The third-order valence-corrected chi connectivity index (χ3v) is 3.89. The SMILES string of the molecule is CCC(C(=O)N1CC(C)C(N)C1)c1ccccc1. The van der Waals surface area contributed by atoms with E-state index in [0.717, 1.165) is 18.5 Å². The maximum atomic E-state index is 12.5. The Hall–Kier alpha value is -1.35. The van der Waals surface area contributed by atoms with Gasteiger partial charge in [-0.15, -0.1) is 0 Å². The van der Waals surface area contributed by atoms with Crippen molar-refractivity contribution in [2.24, 2.45) is 11.7 Å². The number of benzene rings is 1. The smallest absolute Gasteiger partial charge is 0.230 e. The van der Waals surface area contributed by atoms with Crippen LogP contribution in [0.2, 0.25) is 0 Å². The Morgan fingerprint density at radius 1 is 1.39 bits per heavy atom. The molecule has 1 aromatic carbocycles. The van der Waals surface area contributed by atoms with Gasteiger partial charge in [-0.25, -0.2) is 0 Å². The lowest BCUT2D eigenvalue weighted by Crippen LogP contribution is -2.35. The summed E-state index contributed by atoms with van der Waals surface area (Å²) in [7, 11) is 0. The molecule has 1 amide bonds. The molecule has 0 aliphatic carbocycles. The Morgan fingerprint density at radius 2 is 2.06 bits per heavy atom. The van der Waals surface area contributed by atoms with E-state index >= 15 is 0 Å². The predicted molar refractivity (Wildman–Crippen MR) is 73.2 cm³/mol. The molecule has 0 spiro atoms. The molecule has 3 nitrogen and oxygen atoms in total. The fourth-order valence-electron chi connectivity index (χ4n) is 2.63. The first kappa shape index (κ1) is 13.1. The summed E-state index contributed by atoms with van der Waals surface area (Å²) in [5.41, 5.74) is 7.10. The molecule has 0 aromatic heterocycles. The number of amides is 1. The van der Waals surface area contributed by atoms with Crippen molar-refractivity contribution in [3.8, 4) is 0 Å². The maximum absolute atomic E-state index is 12.5. The molecule has 1 heterocycles. The molecular formula is C15H22N2O. The van der Waals surface area contributed by atoms with Crippen molar-refractivity contribution in [2.45, 2.75) is 32.2 Å². The van der Waals surface area contributed by atoms with E-state index in [1.807, 2.05) is 35.2 Å². The number of carbonyl (C=O) groups is 1. The Kier molecular flexibility index (Phi) is 4.02. The van der Waals surface area contributed by atoms with Gasteiger partial charge in [0.25, 0.3) is 0 Å². The van der Waals surface area contributed by atoms with E-state index in [-0.39, 0.29) is 17.9 Å². The Morgan fingerprint density at radius 3 is 2.56 bits per heavy atom. The van der Waals surface area contributed by atoms with Gasteiger partial charge >= 0.3 is 0 Å². The van der Waals surface area contributed by atoms with Crippen molar-refractivity contribution < 1.29 is 4.79 Å². The summed E-state index contributed by atoms with van der Waals surface area (Å²) in [5.74, 6) is 0.606. The molecule has 1 saturated heterocycles. The van der Waals surface area contributed by atoms with Crippen LogP contribution in [0, 0.1) is 5.92 Å². The zero-order chi connectivity index (χ0) is 13.1. The predicted octanol–water partition coefficient (Wildman–Crippen LogP) is 1.99. The largest absolute Gasteiger partial charge is 0.340 e.